The Hall–Kier alpha value is -2.86. The van der Waals surface area contributed by atoms with Crippen molar-refractivity contribution in [1.82, 2.24) is 15.3 Å². The number of hydrogen-bond acceptors (Lipinski definition) is 5. The molecule has 6 nitrogen and oxygen atoms in total. The molecule has 1 aromatic heterocycles. The van der Waals surface area contributed by atoms with Crippen LogP contribution in [-0.4, -0.2) is 43.1 Å². The Kier molecular flexibility index (Phi) is 16.7. The molecule has 0 aliphatic rings. The lowest BCUT2D eigenvalue weighted by Gasteiger charge is -2.07. The molecule has 6 heteroatoms. The topological polar surface area (TPSA) is 76.2 Å². The molecule has 1 heterocycles. The highest BCUT2D eigenvalue weighted by Gasteiger charge is 2.03. The van der Waals surface area contributed by atoms with E-state index in [1.54, 1.807) is 7.11 Å². The first-order valence-corrected chi connectivity index (χ1v) is 13.5. The highest BCUT2D eigenvalue weighted by molar-refractivity contribution is 5.82. The first-order valence-electron chi connectivity index (χ1n) is 13.5. The van der Waals surface area contributed by atoms with Gasteiger partial charge in [0.2, 0.25) is 0 Å². The lowest BCUT2D eigenvalue weighted by Crippen LogP contribution is -2.17. The lowest BCUT2D eigenvalue weighted by molar-refractivity contribution is 0.111. The summed E-state index contributed by atoms with van der Waals surface area (Å²) in [7, 11) is 1.65. The Bertz CT molecular complexity index is 971. The summed E-state index contributed by atoms with van der Waals surface area (Å²) >= 11 is 0. The Morgan fingerprint density at radius 1 is 1.06 bits per heavy atom. The number of nitrogens with zero attached hydrogens (tertiary/aromatic N) is 1. The third-order valence-corrected chi connectivity index (χ3v) is 5.78. The number of benzene rings is 2. The van der Waals surface area contributed by atoms with Gasteiger partial charge in [-0.15, -0.1) is 0 Å². The van der Waals surface area contributed by atoms with Crippen molar-refractivity contribution in [3.63, 3.8) is 0 Å². The van der Waals surface area contributed by atoms with E-state index in [0.717, 1.165) is 54.0 Å². The number of nitrogens with one attached hydrogen (secondary N) is 2. The van der Waals surface area contributed by atoms with Crippen molar-refractivity contribution in [2.45, 2.75) is 73.1 Å². The number of H-pyrrole nitrogens is 1. The van der Waals surface area contributed by atoms with Crippen LogP contribution >= 0.6 is 0 Å². The standard InChI is InChI=1S/C19H20N2O3.C9H21N.C2H6/c1-23-15-6-4-7-16(12-15)24-10-3-2-5-14-8-9-17-18(11-14)21-19(13-22)20-17;1-4-7-10-8-6-9(3)5-2;1-2/h4,6-9,11-13H,2-3,5,10H2,1H3,(H,20,21);9-10H,4-8H2,1-3H3;1-2H3. The van der Waals surface area contributed by atoms with E-state index in [4.69, 9.17) is 9.47 Å². The third kappa shape index (κ3) is 12.2. The van der Waals surface area contributed by atoms with Gasteiger partial charge in [-0.05, 0) is 80.9 Å². The summed E-state index contributed by atoms with van der Waals surface area (Å²) in [4.78, 5) is 17.9. The van der Waals surface area contributed by atoms with Crippen LogP contribution in [0.4, 0.5) is 0 Å². The number of aromatic nitrogens is 2. The van der Waals surface area contributed by atoms with Gasteiger partial charge in [-0.25, -0.2) is 4.98 Å². The molecule has 1 atom stereocenters. The minimum absolute atomic E-state index is 0.369. The predicted molar refractivity (Wildman–Crippen MR) is 151 cm³/mol. The molecular weight excluding hydrogens is 450 g/mol. The van der Waals surface area contributed by atoms with Gasteiger partial charge in [-0.3, -0.25) is 4.79 Å². The molecule has 0 fully saturated rings. The quantitative estimate of drug-likeness (QED) is 0.181. The largest absolute Gasteiger partial charge is 0.497 e. The number of unbranched alkanes of at least 4 members (excludes halogenated alkanes) is 1. The van der Waals surface area contributed by atoms with Gasteiger partial charge < -0.3 is 19.8 Å². The second-order valence-electron chi connectivity index (χ2n) is 8.63. The summed E-state index contributed by atoms with van der Waals surface area (Å²) in [5, 5.41) is 3.40. The molecule has 0 spiro atoms. The lowest BCUT2D eigenvalue weighted by atomic mass is 10.1. The molecule has 2 aromatic carbocycles. The molecule has 0 amide bonds. The normalized spacial score (nSPS) is 11.1. The van der Waals surface area contributed by atoms with Crippen molar-refractivity contribution >= 4 is 17.3 Å². The molecule has 0 bridgehead atoms. The molecular formula is C30H47N3O3. The number of fused-ring (bicyclic) bond motifs is 1. The second-order valence-corrected chi connectivity index (χ2v) is 8.63. The number of rotatable bonds is 14. The highest BCUT2D eigenvalue weighted by atomic mass is 16.5. The number of aryl methyl sites for hydroxylation is 1. The van der Waals surface area contributed by atoms with Gasteiger partial charge in [-0.1, -0.05) is 53.2 Å². The van der Waals surface area contributed by atoms with E-state index >= 15 is 0 Å². The number of ether oxygens (including phenoxy) is 2. The molecule has 0 saturated heterocycles. The number of methoxy groups -OCH3 is 1. The minimum Gasteiger partial charge on any atom is -0.497 e. The first-order chi connectivity index (χ1) is 17.6. The third-order valence-electron chi connectivity index (χ3n) is 5.78. The molecule has 0 aliphatic heterocycles. The minimum atomic E-state index is 0.369. The van der Waals surface area contributed by atoms with E-state index in [1.165, 1.54) is 37.9 Å². The van der Waals surface area contributed by atoms with Crippen molar-refractivity contribution < 1.29 is 14.3 Å². The van der Waals surface area contributed by atoms with E-state index in [-0.39, 0.29) is 0 Å². The van der Waals surface area contributed by atoms with Gasteiger partial charge in [-0.2, -0.15) is 0 Å². The number of aromatic amines is 1. The number of carbonyl (C=O) groups is 1. The first kappa shape index (κ1) is 31.2. The predicted octanol–water partition coefficient (Wildman–Crippen LogP) is 7.23. The van der Waals surface area contributed by atoms with Crippen LogP contribution in [0.3, 0.4) is 0 Å². The summed E-state index contributed by atoms with van der Waals surface area (Å²) in [6.45, 7) is 13.8. The van der Waals surface area contributed by atoms with Gasteiger partial charge in [0.1, 0.15) is 11.5 Å². The van der Waals surface area contributed by atoms with Gasteiger partial charge in [0.25, 0.3) is 0 Å². The average molecular weight is 498 g/mol. The van der Waals surface area contributed by atoms with Crippen molar-refractivity contribution in [2.24, 2.45) is 5.92 Å². The van der Waals surface area contributed by atoms with Crippen LogP contribution in [-0.2, 0) is 6.42 Å². The van der Waals surface area contributed by atoms with Crippen molar-refractivity contribution in [1.29, 1.82) is 0 Å². The van der Waals surface area contributed by atoms with Crippen molar-refractivity contribution in [3.05, 3.63) is 53.9 Å². The number of carbonyl (C=O) groups excluding carboxylic acids is 1. The molecule has 3 rings (SSSR count). The summed E-state index contributed by atoms with van der Waals surface area (Å²) in [5.74, 6) is 2.89. The Balaban J connectivity index is 0.000000458. The van der Waals surface area contributed by atoms with E-state index in [0.29, 0.717) is 12.4 Å². The van der Waals surface area contributed by atoms with Crippen LogP contribution in [0.25, 0.3) is 11.0 Å². The van der Waals surface area contributed by atoms with Gasteiger partial charge >= 0.3 is 0 Å². The maximum absolute atomic E-state index is 10.7. The van der Waals surface area contributed by atoms with E-state index in [1.807, 2.05) is 44.2 Å². The van der Waals surface area contributed by atoms with E-state index in [2.05, 4.69) is 48.2 Å². The summed E-state index contributed by atoms with van der Waals surface area (Å²) in [6.07, 6.45) is 7.59. The summed E-state index contributed by atoms with van der Waals surface area (Å²) in [6, 6.07) is 13.7. The van der Waals surface area contributed by atoms with Crippen molar-refractivity contribution in [3.8, 4) is 11.5 Å². The van der Waals surface area contributed by atoms with Gasteiger partial charge in [0.15, 0.2) is 12.1 Å². The van der Waals surface area contributed by atoms with Crippen LogP contribution in [0.1, 0.15) is 82.9 Å². The van der Waals surface area contributed by atoms with Crippen molar-refractivity contribution in [2.75, 3.05) is 26.8 Å². The fourth-order valence-corrected chi connectivity index (χ4v) is 3.45. The Morgan fingerprint density at radius 2 is 1.83 bits per heavy atom. The fourth-order valence-electron chi connectivity index (χ4n) is 3.45. The van der Waals surface area contributed by atoms with Crippen LogP contribution in [0, 0.1) is 5.92 Å². The molecule has 2 N–H and O–H groups in total. The number of hydrogen-bond donors (Lipinski definition) is 2. The molecule has 200 valence electrons. The molecule has 0 aliphatic carbocycles. The Labute approximate surface area is 218 Å². The SMILES string of the molecule is CC.CCCNCCC(C)CC.COc1cccc(OCCCCc2ccc3nc(C=O)[nH]c3c2)c1. The van der Waals surface area contributed by atoms with E-state index in [9.17, 15) is 4.79 Å². The van der Waals surface area contributed by atoms with Crippen LogP contribution in [0.15, 0.2) is 42.5 Å². The maximum Gasteiger partial charge on any atom is 0.185 e. The molecule has 36 heavy (non-hydrogen) atoms. The zero-order valence-electron chi connectivity index (χ0n) is 23.2. The number of imidazole rings is 1. The summed E-state index contributed by atoms with van der Waals surface area (Å²) < 4.78 is 10.9. The van der Waals surface area contributed by atoms with Crippen LogP contribution in [0.5, 0.6) is 11.5 Å². The summed E-state index contributed by atoms with van der Waals surface area (Å²) in [5.41, 5.74) is 2.95. The zero-order valence-corrected chi connectivity index (χ0v) is 23.2. The second kappa shape index (κ2) is 19.3. The molecule has 0 saturated carbocycles. The highest BCUT2D eigenvalue weighted by Crippen LogP contribution is 2.19. The average Bonchev–Trinajstić information content (AvgIpc) is 3.35. The van der Waals surface area contributed by atoms with Crippen LogP contribution < -0.4 is 14.8 Å². The van der Waals surface area contributed by atoms with Gasteiger partial charge in [0.05, 0.1) is 24.8 Å². The van der Waals surface area contributed by atoms with Crippen LogP contribution in [0.2, 0.25) is 0 Å². The Morgan fingerprint density at radius 3 is 2.53 bits per heavy atom. The fraction of sp³-hybridized carbons (Fsp3) is 0.533. The molecule has 0 radical (unpaired) electrons. The monoisotopic (exact) mass is 497 g/mol. The zero-order chi connectivity index (χ0) is 26.6. The van der Waals surface area contributed by atoms with E-state index < -0.39 is 0 Å². The molecule has 3 aromatic rings. The smallest absolute Gasteiger partial charge is 0.185 e. The number of aldehydes is 1. The maximum atomic E-state index is 10.7. The van der Waals surface area contributed by atoms with Gasteiger partial charge in [0, 0.05) is 6.07 Å². The molecule has 1 unspecified atom stereocenters.